The van der Waals surface area contributed by atoms with Crippen molar-refractivity contribution in [3.05, 3.63) is 83.3 Å². The number of nitrogens with one attached hydrogen (secondary N) is 4. The van der Waals surface area contributed by atoms with Crippen LogP contribution in [0.3, 0.4) is 0 Å². The summed E-state index contributed by atoms with van der Waals surface area (Å²) in [7, 11) is 2.59. The minimum absolute atomic E-state index is 0.103. The van der Waals surface area contributed by atoms with Crippen LogP contribution in [0, 0.1) is 11.8 Å². The molecule has 2 saturated heterocycles. The number of alkyl carbamates (subject to hydrolysis) is 2. The molecule has 0 saturated carbocycles. The van der Waals surface area contributed by atoms with E-state index in [2.05, 4.69) is 79.9 Å². The Morgan fingerprint density at radius 1 is 0.629 bits per heavy atom. The van der Waals surface area contributed by atoms with Crippen molar-refractivity contribution >= 4 is 56.1 Å². The predicted octanol–water partition coefficient (Wildman–Crippen LogP) is 9.17. The predicted molar refractivity (Wildman–Crippen MR) is 241 cm³/mol. The Kier molecular flexibility index (Phi) is 12.5. The summed E-state index contributed by atoms with van der Waals surface area (Å²) in [5.74, 6) is 1.00. The van der Waals surface area contributed by atoms with Gasteiger partial charge >= 0.3 is 12.2 Å². The summed E-state index contributed by atoms with van der Waals surface area (Å²) in [4.78, 5) is 71.2. The topological polar surface area (TPSA) is 175 Å². The van der Waals surface area contributed by atoms with Gasteiger partial charge in [0.2, 0.25) is 11.8 Å². The summed E-state index contributed by atoms with van der Waals surface area (Å²) in [6, 6.07) is 15.2. The first-order valence-corrected chi connectivity index (χ1v) is 22.8. The summed E-state index contributed by atoms with van der Waals surface area (Å²) in [5.41, 5.74) is 8.41. The van der Waals surface area contributed by atoms with Gasteiger partial charge in [-0.1, -0.05) is 76.2 Å². The average molecular weight is 877 g/mol. The number of carbonyl (C=O) groups excluding carboxylic acids is 4. The third kappa shape index (κ3) is 8.45. The molecule has 4 N–H and O–H groups in total. The van der Waals surface area contributed by atoms with E-state index in [0.29, 0.717) is 13.1 Å². The summed E-state index contributed by atoms with van der Waals surface area (Å²) in [5, 5.41) is 9.87. The summed E-state index contributed by atoms with van der Waals surface area (Å²) in [6.07, 6.45) is 5.69. The Labute approximate surface area is 368 Å². The standard InChI is InChI=1S/C46H52N8O6S2/c1-25(2)37(51-45(57)59-5)43(55)53-19-7-9-35(53)41-47-21-33(49-41)29-15-11-27(12-16-29)31-23-61-40-32(24-62-39(31)40)28-13-17-30(18-14-28)34-22-48-42(50-34)36-10-8-20-54(36)44(56)38(26(3)4)52-46(58)60-6/h11-18,21-26,35-38H,7-10,19-20H2,1-6H3,(H,47,49)(H,48,50)(H,51,57)(H,52,58)/t35-,36-,37-,38-/m0/s1. The molecule has 324 valence electrons. The van der Waals surface area contributed by atoms with Crippen LogP contribution in [0.5, 0.6) is 0 Å². The fourth-order valence-corrected chi connectivity index (χ4v) is 11.0. The summed E-state index contributed by atoms with van der Waals surface area (Å²) < 4.78 is 12.0. The van der Waals surface area contributed by atoms with Gasteiger partial charge in [-0.2, -0.15) is 0 Å². The van der Waals surface area contributed by atoms with Gasteiger partial charge in [-0.25, -0.2) is 19.6 Å². The number of benzene rings is 2. The molecular weight excluding hydrogens is 825 g/mol. The number of amides is 4. The molecule has 2 aromatic carbocycles. The molecule has 0 aliphatic carbocycles. The van der Waals surface area contributed by atoms with E-state index in [-0.39, 0.29) is 35.7 Å². The third-order valence-corrected chi connectivity index (χ3v) is 14.1. The van der Waals surface area contributed by atoms with Gasteiger partial charge in [-0.3, -0.25) is 9.59 Å². The molecule has 6 heterocycles. The Bertz CT molecular complexity index is 2380. The third-order valence-electron chi connectivity index (χ3n) is 12.0. The number of rotatable bonds is 12. The molecule has 0 unspecified atom stereocenters. The smallest absolute Gasteiger partial charge is 0.407 e. The monoisotopic (exact) mass is 876 g/mol. The van der Waals surface area contributed by atoms with E-state index in [1.54, 1.807) is 22.7 Å². The van der Waals surface area contributed by atoms with Crippen LogP contribution >= 0.6 is 22.7 Å². The molecule has 62 heavy (non-hydrogen) atoms. The molecule has 4 aromatic heterocycles. The second-order valence-electron chi connectivity index (χ2n) is 16.6. The maximum Gasteiger partial charge on any atom is 0.407 e. The Balaban J connectivity index is 0.937. The number of ether oxygens (including phenoxy) is 2. The zero-order valence-electron chi connectivity index (χ0n) is 35.7. The van der Waals surface area contributed by atoms with Gasteiger partial charge in [-0.05, 0) is 59.8 Å². The first-order chi connectivity index (χ1) is 29.9. The van der Waals surface area contributed by atoms with E-state index in [9.17, 15) is 19.2 Å². The number of nitrogens with zero attached hydrogens (tertiary/aromatic N) is 4. The lowest BCUT2D eigenvalue weighted by atomic mass is 10.0. The minimum atomic E-state index is -0.685. The number of aromatic nitrogens is 4. The second kappa shape index (κ2) is 18.2. The van der Waals surface area contributed by atoms with Gasteiger partial charge < -0.3 is 39.9 Å². The normalized spacial score (nSPS) is 17.5. The van der Waals surface area contributed by atoms with Crippen molar-refractivity contribution in [1.82, 2.24) is 40.4 Å². The molecule has 4 amide bonds. The number of carbonyl (C=O) groups is 4. The quantitative estimate of drug-likeness (QED) is 0.0942. The number of hydrogen-bond acceptors (Lipinski definition) is 10. The molecule has 8 rings (SSSR count). The molecule has 6 aromatic rings. The van der Waals surface area contributed by atoms with Crippen LogP contribution < -0.4 is 10.6 Å². The van der Waals surface area contributed by atoms with Crippen LogP contribution in [0.1, 0.15) is 77.1 Å². The number of fused-ring (bicyclic) bond motifs is 1. The van der Waals surface area contributed by atoms with Gasteiger partial charge in [-0.15, -0.1) is 22.7 Å². The van der Waals surface area contributed by atoms with E-state index in [0.717, 1.165) is 71.0 Å². The highest BCUT2D eigenvalue weighted by atomic mass is 32.1. The van der Waals surface area contributed by atoms with Gasteiger partial charge in [0, 0.05) is 35.0 Å². The lowest BCUT2D eigenvalue weighted by Gasteiger charge is -2.30. The van der Waals surface area contributed by atoms with Crippen LogP contribution in [-0.2, 0) is 19.1 Å². The van der Waals surface area contributed by atoms with Crippen LogP contribution in [-0.4, -0.2) is 93.1 Å². The molecular formula is C46H52N8O6S2. The molecule has 16 heteroatoms. The largest absolute Gasteiger partial charge is 0.453 e. The molecule has 2 fully saturated rings. The highest BCUT2D eigenvalue weighted by Crippen LogP contribution is 2.45. The van der Waals surface area contributed by atoms with Crippen molar-refractivity contribution in [1.29, 1.82) is 0 Å². The lowest BCUT2D eigenvalue weighted by molar-refractivity contribution is -0.136. The molecule has 2 aliphatic rings. The summed E-state index contributed by atoms with van der Waals surface area (Å²) in [6.45, 7) is 8.83. The minimum Gasteiger partial charge on any atom is -0.453 e. The summed E-state index contributed by atoms with van der Waals surface area (Å²) >= 11 is 3.49. The number of thiophene rings is 2. The molecule has 0 spiro atoms. The average Bonchev–Trinajstić information content (AvgIpc) is 4.14. The number of aromatic amines is 2. The number of imidazole rings is 2. The van der Waals surface area contributed by atoms with E-state index in [4.69, 9.17) is 19.4 Å². The van der Waals surface area contributed by atoms with E-state index in [1.165, 1.54) is 34.7 Å². The zero-order chi connectivity index (χ0) is 43.7. The lowest BCUT2D eigenvalue weighted by Crippen LogP contribution is -2.51. The van der Waals surface area contributed by atoms with Crippen LogP contribution in [0.25, 0.3) is 54.2 Å². The SMILES string of the molecule is COC(=O)N[C@H](C(=O)N1CCC[C@H]1c1ncc(-c2ccc(-c3csc4c(-c5ccc(-c6cnc([C@@H]7CCCN7C(=O)[C@@H](NC(=O)OC)C(C)C)[nH]6)cc5)csc34)cc2)[nH]1)C(C)C. The first kappa shape index (κ1) is 42.7. The molecule has 4 atom stereocenters. The number of H-pyrrole nitrogens is 2. The van der Waals surface area contributed by atoms with Crippen molar-refractivity contribution in [2.24, 2.45) is 11.8 Å². The first-order valence-electron chi connectivity index (χ1n) is 21.1. The van der Waals surface area contributed by atoms with Crippen molar-refractivity contribution in [3.63, 3.8) is 0 Å². The number of methoxy groups -OCH3 is 2. The zero-order valence-corrected chi connectivity index (χ0v) is 37.3. The van der Waals surface area contributed by atoms with Crippen LogP contribution in [0.4, 0.5) is 9.59 Å². The molecule has 0 radical (unpaired) electrons. The Morgan fingerprint density at radius 2 is 1.00 bits per heavy atom. The van der Waals surface area contributed by atoms with Crippen molar-refractivity contribution in [3.8, 4) is 44.8 Å². The highest BCUT2D eigenvalue weighted by Gasteiger charge is 2.39. The van der Waals surface area contributed by atoms with Crippen LogP contribution in [0.2, 0.25) is 0 Å². The van der Waals surface area contributed by atoms with Gasteiger partial charge in [0.15, 0.2) is 0 Å². The number of hydrogen-bond donors (Lipinski definition) is 4. The van der Waals surface area contributed by atoms with Crippen molar-refractivity contribution < 1.29 is 28.7 Å². The van der Waals surface area contributed by atoms with Gasteiger partial charge in [0.25, 0.3) is 0 Å². The fraction of sp³-hybridized carbons (Fsp3) is 0.391. The van der Waals surface area contributed by atoms with Gasteiger partial charge in [0.05, 0.1) is 59.5 Å². The number of likely N-dealkylation sites (tertiary alicyclic amines) is 2. The Morgan fingerprint density at radius 3 is 1.35 bits per heavy atom. The van der Waals surface area contributed by atoms with E-state index in [1.807, 2.05) is 49.9 Å². The van der Waals surface area contributed by atoms with Crippen LogP contribution in [0.15, 0.2) is 71.7 Å². The maximum absolute atomic E-state index is 13.6. The van der Waals surface area contributed by atoms with E-state index < -0.39 is 24.3 Å². The van der Waals surface area contributed by atoms with E-state index >= 15 is 0 Å². The fourth-order valence-electron chi connectivity index (χ4n) is 8.57. The molecule has 0 bridgehead atoms. The molecule has 2 aliphatic heterocycles. The Hall–Kier alpha value is -6.00. The second-order valence-corrected chi connectivity index (χ2v) is 18.3. The molecule has 14 nitrogen and oxygen atoms in total. The van der Waals surface area contributed by atoms with Crippen molar-refractivity contribution in [2.75, 3.05) is 27.3 Å². The highest BCUT2D eigenvalue weighted by molar-refractivity contribution is 7.27. The van der Waals surface area contributed by atoms with Crippen molar-refractivity contribution in [2.45, 2.75) is 77.5 Å². The maximum atomic E-state index is 13.6. The van der Waals surface area contributed by atoms with Gasteiger partial charge in [0.1, 0.15) is 23.7 Å².